The molecule has 1 unspecified atom stereocenters. The quantitative estimate of drug-likeness (QED) is 0.709. The Morgan fingerprint density at radius 3 is 2.57 bits per heavy atom. The Hall–Kier alpha value is -0.570. The van der Waals surface area contributed by atoms with Crippen LogP contribution in [-0.2, 0) is 4.79 Å². The summed E-state index contributed by atoms with van der Waals surface area (Å²) in [6, 6.07) is 0.565. The van der Waals surface area contributed by atoms with Gasteiger partial charge in [-0.3, -0.25) is 4.79 Å². The zero-order chi connectivity index (χ0) is 9.76. The molecular weight excluding hydrogens is 176 g/mol. The molecule has 3 aliphatic rings. The third kappa shape index (κ3) is 1.18. The molecule has 0 bridgehead atoms. The molecule has 14 heavy (non-hydrogen) atoms. The standard InChI is InChI=1S/C11H18N2O/c12-11(4-5-11)8-6-10(14)13(7-8)9-2-1-3-9/h8-9H,1-7,12H2. The first-order chi connectivity index (χ1) is 6.69. The second kappa shape index (κ2) is 2.72. The van der Waals surface area contributed by atoms with Crippen LogP contribution in [0.3, 0.4) is 0 Å². The molecule has 3 fully saturated rings. The number of hydrogen-bond donors (Lipinski definition) is 1. The predicted octanol–water partition coefficient (Wildman–Crippen LogP) is 0.879. The van der Waals surface area contributed by atoms with Gasteiger partial charge in [-0.2, -0.15) is 0 Å². The van der Waals surface area contributed by atoms with E-state index in [1.165, 1.54) is 19.3 Å². The van der Waals surface area contributed by atoms with Gasteiger partial charge in [-0.25, -0.2) is 0 Å². The summed E-state index contributed by atoms with van der Waals surface area (Å²) in [7, 11) is 0. The molecule has 1 amide bonds. The number of nitrogens with two attached hydrogens (primary N) is 1. The van der Waals surface area contributed by atoms with Crippen LogP contribution in [0.15, 0.2) is 0 Å². The summed E-state index contributed by atoms with van der Waals surface area (Å²) in [5.41, 5.74) is 6.19. The van der Waals surface area contributed by atoms with E-state index in [9.17, 15) is 4.79 Å². The summed E-state index contributed by atoms with van der Waals surface area (Å²) in [5, 5.41) is 0. The maximum absolute atomic E-state index is 11.8. The minimum atomic E-state index is 0.0359. The summed E-state index contributed by atoms with van der Waals surface area (Å²) >= 11 is 0. The van der Waals surface area contributed by atoms with Gasteiger partial charge in [0.2, 0.25) is 5.91 Å². The Labute approximate surface area is 84.6 Å². The number of hydrogen-bond acceptors (Lipinski definition) is 2. The number of carbonyl (C=O) groups excluding carboxylic acids is 1. The Morgan fingerprint density at radius 2 is 2.07 bits per heavy atom. The van der Waals surface area contributed by atoms with E-state index in [4.69, 9.17) is 5.73 Å². The highest BCUT2D eigenvalue weighted by atomic mass is 16.2. The van der Waals surface area contributed by atoms with Crippen molar-refractivity contribution >= 4 is 5.91 Å². The Bertz CT molecular complexity index is 268. The zero-order valence-electron chi connectivity index (χ0n) is 8.54. The second-order valence-electron chi connectivity index (χ2n) is 5.27. The molecule has 1 atom stereocenters. The van der Waals surface area contributed by atoms with E-state index in [1.807, 2.05) is 0 Å². The van der Waals surface area contributed by atoms with Gasteiger partial charge in [0.1, 0.15) is 0 Å². The normalized spacial score (nSPS) is 35.9. The number of likely N-dealkylation sites (tertiary alicyclic amines) is 1. The topological polar surface area (TPSA) is 46.3 Å². The highest BCUT2D eigenvalue weighted by Crippen LogP contribution is 2.45. The summed E-state index contributed by atoms with van der Waals surface area (Å²) in [5.74, 6) is 0.812. The van der Waals surface area contributed by atoms with E-state index in [0.29, 0.717) is 24.3 Å². The van der Waals surface area contributed by atoms with Crippen LogP contribution in [0.1, 0.15) is 38.5 Å². The number of amides is 1. The lowest BCUT2D eigenvalue weighted by Gasteiger charge is -2.35. The first-order valence-corrected chi connectivity index (χ1v) is 5.77. The van der Waals surface area contributed by atoms with Crippen LogP contribution in [0, 0.1) is 5.92 Å². The van der Waals surface area contributed by atoms with Crippen LogP contribution in [0.25, 0.3) is 0 Å². The smallest absolute Gasteiger partial charge is 0.223 e. The highest BCUT2D eigenvalue weighted by molar-refractivity contribution is 5.79. The van der Waals surface area contributed by atoms with Gasteiger partial charge < -0.3 is 10.6 Å². The monoisotopic (exact) mass is 194 g/mol. The molecule has 0 radical (unpaired) electrons. The maximum atomic E-state index is 11.8. The molecule has 2 N–H and O–H groups in total. The number of rotatable bonds is 2. The average Bonchev–Trinajstić information content (AvgIpc) is 2.68. The molecule has 78 valence electrons. The van der Waals surface area contributed by atoms with Crippen molar-refractivity contribution in [3.05, 3.63) is 0 Å². The van der Waals surface area contributed by atoms with Crippen molar-refractivity contribution in [3.63, 3.8) is 0 Å². The molecule has 0 aromatic carbocycles. The highest BCUT2D eigenvalue weighted by Gasteiger charge is 2.51. The van der Waals surface area contributed by atoms with Crippen LogP contribution < -0.4 is 5.73 Å². The molecule has 3 rings (SSSR count). The van der Waals surface area contributed by atoms with Crippen LogP contribution >= 0.6 is 0 Å². The maximum Gasteiger partial charge on any atom is 0.223 e. The van der Waals surface area contributed by atoms with Crippen molar-refractivity contribution in [1.82, 2.24) is 4.90 Å². The fourth-order valence-electron chi connectivity index (χ4n) is 2.72. The van der Waals surface area contributed by atoms with E-state index < -0.39 is 0 Å². The van der Waals surface area contributed by atoms with Gasteiger partial charge in [0.25, 0.3) is 0 Å². The fraction of sp³-hybridized carbons (Fsp3) is 0.909. The molecule has 1 saturated heterocycles. The zero-order valence-corrected chi connectivity index (χ0v) is 8.54. The summed E-state index contributed by atoms with van der Waals surface area (Å²) in [4.78, 5) is 13.9. The lowest BCUT2D eigenvalue weighted by molar-refractivity contribution is -0.131. The predicted molar refractivity (Wildman–Crippen MR) is 53.6 cm³/mol. The second-order valence-corrected chi connectivity index (χ2v) is 5.27. The van der Waals surface area contributed by atoms with Crippen molar-refractivity contribution in [3.8, 4) is 0 Å². The van der Waals surface area contributed by atoms with Gasteiger partial charge >= 0.3 is 0 Å². The molecule has 2 aliphatic carbocycles. The van der Waals surface area contributed by atoms with Crippen molar-refractivity contribution in [2.24, 2.45) is 11.7 Å². The fourth-order valence-corrected chi connectivity index (χ4v) is 2.72. The summed E-state index contributed by atoms with van der Waals surface area (Å²) in [6.45, 7) is 0.944. The summed E-state index contributed by atoms with van der Waals surface area (Å²) < 4.78 is 0. The molecule has 1 aliphatic heterocycles. The van der Waals surface area contributed by atoms with E-state index in [0.717, 1.165) is 19.4 Å². The van der Waals surface area contributed by atoms with E-state index in [1.54, 1.807) is 0 Å². The molecule has 0 spiro atoms. The molecule has 3 nitrogen and oxygen atoms in total. The van der Waals surface area contributed by atoms with Crippen LogP contribution in [0.2, 0.25) is 0 Å². The molecular formula is C11H18N2O. The molecule has 0 aromatic heterocycles. The molecule has 3 heteroatoms. The van der Waals surface area contributed by atoms with Gasteiger partial charge in [-0.05, 0) is 32.1 Å². The van der Waals surface area contributed by atoms with Crippen molar-refractivity contribution in [1.29, 1.82) is 0 Å². The Morgan fingerprint density at radius 1 is 1.36 bits per heavy atom. The Kier molecular flexibility index (Phi) is 1.69. The lowest BCUT2D eigenvalue weighted by atomic mass is 9.91. The number of carbonyl (C=O) groups is 1. The first-order valence-electron chi connectivity index (χ1n) is 5.77. The van der Waals surface area contributed by atoms with Gasteiger partial charge in [-0.1, -0.05) is 0 Å². The van der Waals surface area contributed by atoms with Crippen LogP contribution in [0.4, 0.5) is 0 Å². The molecule has 1 heterocycles. The largest absolute Gasteiger partial charge is 0.339 e. The summed E-state index contributed by atoms with van der Waals surface area (Å²) in [6.07, 6.45) is 6.71. The lowest BCUT2D eigenvalue weighted by Crippen LogP contribution is -2.42. The number of nitrogens with zero attached hydrogens (tertiary/aromatic N) is 1. The first kappa shape index (κ1) is 8.72. The van der Waals surface area contributed by atoms with Crippen molar-refractivity contribution in [2.75, 3.05) is 6.54 Å². The van der Waals surface area contributed by atoms with Crippen LogP contribution in [-0.4, -0.2) is 28.9 Å². The Balaban J connectivity index is 1.68. The minimum absolute atomic E-state index is 0.0359. The van der Waals surface area contributed by atoms with Crippen molar-refractivity contribution in [2.45, 2.75) is 50.1 Å². The SMILES string of the molecule is NC1(C2CC(=O)N(C3CCC3)C2)CC1. The van der Waals surface area contributed by atoms with E-state index in [-0.39, 0.29) is 5.54 Å². The average molecular weight is 194 g/mol. The van der Waals surface area contributed by atoms with Gasteiger partial charge in [-0.15, -0.1) is 0 Å². The third-order valence-corrected chi connectivity index (χ3v) is 4.31. The molecule has 2 saturated carbocycles. The van der Waals surface area contributed by atoms with Gasteiger partial charge in [0.05, 0.1) is 0 Å². The van der Waals surface area contributed by atoms with Crippen LogP contribution in [0.5, 0.6) is 0 Å². The third-order valence-electron chi connectivity index (χ3n) is 4.31. The van der Waals surface area contributed by atoms with E-state index >= 15 is 0 Å². The van der Waals surface area contributed by atoms with Gasteiger partial charge in [0.15, 0.2) is 0 Å². The molecule has 0 aromatic rings. The van der Waals surface area contributed by atoms with Crippen molar-refractivity contribution < 1.29 is 4.79 Å². The van der Waals surface area contributed by atoms with E-state index in [2.05, 4.69) is 4.90 Å². The van der Waals surface area contributed by atoms with Gasteiger partial charge in [0, 0.05) is 30.5 Å². The minimum Gasteiger partial charge on any atom is -0.339 e.